The molecule has 0 saturated heterocycles. The third-order valence-corrected chi connectivity index (χ3v) is 3.60. The number of anilines is 1. The molecule has 1 aromatic rings. The summed E-state index contributed by atoms with van der Waals surface area (Å²) in [6.45, 7) is 0. The van der Waals surface area contributed by atoms with E-state index in [9.17, 15) is 4.39 Å². The van der Waals surface area contributed by atoms with Crippen LogP contribution in [0.4, 0.5) is 10.1 Å². The van der Waals surface area contributed by atoms with E-state index in [4.69, 9.17) is 5.26 Å². The summed E-state index contributed by atoms with van der Waals surface area (Å²) in [6, 6.07) is 7.40. The lowest BCUT2D eigenvalue weighted by molar-refractivity contribution is 0.614. The lowest BCUT2D eigenvalue weighted by Crippen LogP contribution is -2.22. The van der Waals surface area contributed by atoms with E-state index in [2.05, 4.69) is 27.3 Å². The van der Waals surface area contributed by atoms with Crippen LogP contribution in [0.3, 0.4) is 0 Å². The highest BCUT2D eigenvalue weighted by atomic mass is 79.9. The summed E-state index contributed by atoms with van der Waals surface area (Å²) in [5.74, 6) is -0.233. The monoisotopic (exact) mass is 282 g/mol. The summed E-state index contributed by atoms with van der Waals surface area (Å²) in [4.78, 5) is 0. The van der Waals surface area contributed by atoms with E-state index in [1.165, 1.54) is 6.07 Å². The fourth-order valence-electron chi connectivity index (χ4n) is 2.09. The number of hydrogen-bond acceptors (Lipinski definition) is 2. The molecular formula is C12H12BrFN2. The van der Waals surface area contributed by atoms with E-state index in [0.29, 0.717) is 4.47 Å². The Labute approximate surface area is 103 Å². The Balaban J connectivity index is 2.09. The highest BCUT2D eigenvalue weighted by Crippen LogP contribution is 2.29. The van der Waals surface area contributed by atoms with Crippen molar-refractivity contribution in [3.8, 4) is 6.07 Å². The highest BCUT2D eigenvalue weighted by Gasteiger charge is 2.26. The SMILES string of the molecule is N#CC1CCCC1Nc1ccc(Br)c(F)c1. The summed E-state index contributed by atoms with van der Waals surface area (Å²) in [5, 5.41) is 12.2. The third-order valence-electron chi connectivity index (χ3n) is 2.95. The van der Waals surface area contributed by atoms with Crippen molar-refractivity contribution in [1.29, 1.82) is 5.26 Å². The van der Waals surface area contributed by atoms with Gasteiger partial charge in [-0.2, -0.15) is 5.26 Å². The Kier molecular flexibility index (Phi) is 3.45. The lowest BCUT2D eigenvalue weighted by Gasteiger charge is -2.17. The quantitative estimate of drug-likeness (QED) is 0.898. The molecule has 2 unspecified atom stereocenters. The van der Waals surface area contributed by atoms with Gasteiger partial charge in [0.25, 0.3) is 0 Å². The molecule has 1 saturated carbocycles. The topological polar surface area (TPSA) is 35.8 Å². The van der Waals surface area contributed by atoms with Gasteiger partial charge in [0.05, 0.1) is 16.5 Å². The number of nitrogens with zero attached hydrogens (tertiary/aromatic N) is 1. The second kappa shape index (κ2) is 4.84. The summed E-state index contributed by atoms with van der Waals surface area (Å²) < 4.78 is 13.7. The van der Waals surface area contributed by atoms with Crippen molar-refractivity contribution < 1.29 is 4.39 Å². The molecule has 84 valence electrons. The van der Waals surface area contributed by atoms with Gasteiger partial charge in [-0.05, 0) is 53.4 Å². The maximum Gasteiger partial charge on any atom is 0.139 e. The van der Waals surface area contributed by atoms with E-state index in [1.54, 1.807) is 6.07 Å². The first kappa shape index (κ1) is 11.4. The molecule has 16 heavy (non-hydrogen) atoms. The Morgan fingerprint density at radius 3 is 2.94 bits per heavy atom. The van der Waals surface area contributed by atoms with E-state index >= 15 is 0 Å². The van der Waals surface area contributed by atoms with Crippen LogP contribution < -0.4 is 5.32 Å². The smallest absolute Gasteiger partial charge is 0.139 e. The van der Waals surface area contributed by atoms with Gasteiger partial charge in [0.2, 0.25) is 0 Å². The van der Waals surface area contributed by atoms with Gasteiger partial charge in [-0.15, -0.1) is 0 Å². The molecule has 1 N–H and O–H groups in total. The molecule has 0 radical (unpaired) electrons. The summed E-state index contributed by atoms with van der Waals surface area (Å²) in [5.41, 5.74) is 0.743. The van der Waals surface area contributed by atoms with Crippen LogP contribution in [-0.2, 0) is 0 Å². The minimum Gasteiger partial charge on any atom is -0.381 e. The van der Waals surface area contributed by atoms with Crippen molar-refractivity contribution in [3.63, 3.8) is 0 Å². The van der Waals surface area contributed by atoms with Crippen molar-refractivity contribution in [2.75, 3.05) is 5.32 Å². The van der Waals surface area contributed by atoms with Crippen molar-refractivity contribution in [1.82, 2.24) is 0 Å². The lowest BCUT2D eigenvalue weighted by atomic mass is 10.1. The molecule has 0 amide bonds. The van der Waals surface area contributed by atoms with Gasteiger partial charge in [0.1, 0.15) is 5.82 Å². The summed E-state index contributed by atoms with van der Waals surface area (Å²) >= 11 is 3.11. The molecule has 0 aliphatic heterocycles. The average Bonchev–Trinajstić information content (AvgIpc) is 2.71. The van der Waals surface area contributed by atoms with Crippen LogP contribution in [0.15, 0.2) is 22.7 Å². The number of hydrogen-bond donors (Lipinski definition) is 1. The zero-order valence-electron chi connectivity index (χ0n) is 8.71. The van der Waals surface area contributed by atoms with Gasteiger partial charge < -0.3 is 5.32 Å². The second-order valence-corrected chi connectivity index (χ2v) is 4.90. The second-order valence-electron chi connectivity index (χ2n) is 4.05. The molecule has 1 aromatic carbocycles. The fraction of sp³-hybridized carbons (Fsp3) is 0.417. The van der Waals surface area contributed by atoms with Crippen LogP contribution in [-0.4, -0.2) is 6.04 Å². The normalized spacial score (nSPS) is 24.1. The van der Waals surface area contributed by atoms with Gasteiger partial charge in [-0.25, -0.2) is 4.39 Å². The molecule has 1 aliphatic rings. The van der Waals surface area contributed by atoms with Crippen LogP contribution in [0.5, 0.6) is 0 Å². The van der Waals surface area contributed by atoms with Crippen LogP contribution >= 0.6 is 15.9 Å². The number of rotatable bonds is 2. The molecule has 0 aromatic heterocycles. The van der Waals surface area contributed by atoms with Crippen molar-refractivity contribution in [3.05, 3.63) is 28.5 Å². The molecule has 1 fully saturated rings. The Morgan fingerprint density at radius 2 is 2.25 bits per heavy atom. The maximum absolute atomic E-state index is 13.3. The fourth-order valence-corrected chi connectivity index (χ4v) is 2.33. The standard InChI is InChI=1S/C12H12BrFN2/c13-10-5-4-9(6-11(10)14)16-12-3-1-2-8(12)7-15/h4-6,8,12,16H,1-3H2. The van der Waals surface area contributed by atoms with Crippen LogP contribution in [0.2, 0.25) is 0 Å². The molecule has 2 nitrogen and oxygen atoms in total. The maximum atomic E-state index is 13.3. The average molecular weight is 283 g/mol. The zero-order valence-corrected chi connectivity index (χ0v) is 10.3. The van der Waals surface area contributed by atoms with Gasteiger partial charge in [0.15, 0.2) is 0 Å². The Bertz CT molecular complexity index is 428. The van der Waals surface area contributed by atoms with Crippen molar-refractivity contribution in [2.45, 2.75) is 25.3 Å². The van der Waals surface area contributed by atoms with E-state index in [-0.39, 0.29) is 17.8 Å². The first-order valence-corrected chi connectivity index (χ1v) is 6.11. The first-order valence-electron chi connectivity index (χ1n) is 5.32. The number of nitrogens with one attached hydrogen (secondary N) is 1. The summed E-state index contributed by atoms with van der Waals surface area (Å²) in [7, 11) is 0. The van der Waals surface area contributed by atoms with E-state index in [1.807, 2.05) is 6.07 Å². The molecule has 0 bridgehead atoms. The zero-order chi connectivity index (χ0) is 11.5. The first-order chi connectivity index (χ1) is 7.70. The van der Waals surface area contributed by atoms with Crippen molar-refractivity contribution >= 4 is 21.6 Å². The molecule has 0 heterocycles. The van der Waals surface area contributed by atoms with Gasteiger partial charge in [-0.1, -0.05) is 0 Å². The molecule has 2 rings (SSSR count). The summed E-state index contributed by atoms with van der Waals surface area (Å²) in [6.07, 6.45) is 2.98. The largest absolute Gasteiger partial charge is 0.381 e. The van der Waals surface area contributed by atoms with E-state index in [0.717, 1.165) is 24.9 Å². The molecule has 4 heteroatoms. The van der Waals surface area contributed by atoms with Crippen LogP contribution in [0, 0.1) is 23.1 Å². The highest BCUT2D eigenvalue weighted by molar-refractivity contribution is 9.10. The molecular weight excluding hydrogens is 271 g/mol. The van der Waals surface area contributed by atoms with Gasteiger partial charge in [-0.3, -0.25) is 0 Å². The van der Waals surface area contributed by atoms with Crippen LogP contribution in [0.25, 0.3) is 0 Å². The molecule has 2 atom stereocenters. The molecule has 1 aliphatic carbocycles. The third kappa shape index (κ3) is 2.35. The number of nitriles is 1. The predicted molar refractivity (Wildman–Crippen MR) is 64.5 cm³/mol. The van der Waals surface area contributed by atoms with E-state index < -0.39 is 0 Å². The Morgan fingerprint density at radius 1 is 1.44 bits per heavy atom. The molecule has 0 spiro atoms. The minimum atomic E-state index is -0.281. The Hall–Kier alpha value is -1.08. The van der Waals surface area contributed by atoms with Gasteiger partial charge >= 0.3 is 0 Å². The van der Waals surface area contributed by atoms with Crippen molar-refractivity contribution in [2.24, 2.45) is 5.92 Å². The number of benzene rings is 1. The minimum absolute atomic E-state index is 0.0479. The van der Waals surface area contributed by atoms with Gasteiger partial charge in [0, 0.05) is 11.7 Å². The number of halogens is 2. The van der Waals surface area contributed by atoms with Crippen LogP contribution in [0.1, 0.15) is 19.3 Å². The predicted octanol–water partition coefficient (Wildman–Crippen LogP) is 3.69.